The molecule has 3 rings (SSSR count). The van der Waals surface area contributed by atoms with Crippen molar-refractivity contribution in [2.75, 3.05) is 25.4 Å². The first kappa shape index (κ1) is 19.8. The van der Waals surface area contributed by atoms with Crippen molar-refractivity contribution in [2.24, 2.45) is 0 Å². The van der Waals surface area contributed by atoms with E-state index in [1.54, 1.807) is 18.0 Å². The zero-order valence-corrected chi connectivity index (χ0v) is 16.2. The van der Waals surface area contributed by atoms with Gasteiger partial charge in [0, 0.05) is 36.9 Å². The molecule has 0 spiro atoms. The van der Waals surface area contributed by atoms with Gasteiger partial charge >= 0.3 is 0 Å². The summed E-state index contributed by atoms with van der Waals surface area (Å²) < 4.78 is 0. The Morgan fingerprint density at radius 1 is 1.36 bits per heavy atom. The lowest BCUT2D eigenvalue weighted by atomic mass is 10.1. The number of amides is 1. The fraction of sp³-hybridized carbons (Fsp3) is 0.368. The van der Waals surface area contributed by atoms with Crippen LogP contribution in [0.15, 0.2) is 47.6 Å². The standard InChI is InChI=1S/C19H23N3OS.ClH/c1-14-5-6-18(15(2)10-14)24-13-19(23)22-9-8-21-12-17(22)16-4-3-7-20-11-16;/h3-7,10-11,17,21H,8-9,12-13H2,1-2H3;1H. The highest BCUT2D eigenvalue weighted by Crippen LogP contribution is 2.26. The summed E-state index contributed by atoms with van der Waals surface area (Å²) in [6, 6.07) is 10.4. The molecule has 0 saturated carbocycles. The third-order valence-corrected chi connectivity index (χ3v) is 5.47. The second-order valence-corrected chi connectivity index (χ2v) is 7.17. The SMILES string of the molecule is Cc1ccc(SCC(=O)N2CCNCC2c2cccnc2)c(C)c1.Cl. The number of carbonyl (C=O) groups is 1. The quantitative estimate of drug-likeness (QED) is 0.829. The number of nitrogens with zero attached hydrogens (tertiary/aromatic N) is 2. The minimum Gasteiger partial charge on any atom is -0.332 e. The topological polar surface area (TPSA) is 45.2 Å². The Kier molecular flexibility index (Phi) is 7.29. The summed E-state index contributed by atoms with van der Waals surface area (Å²) in [5.74, 6) is 0.663. The van der Waals surface area contributed by atoms with Crippen LogP contribution in [-0.4, -0.2) is 41.2 Å². The maximum absolute atomic E-state index is 12.8. The first-order valence-electron chi connectivity index (χ1n) is 8.25. The number of benzene rings is 1. The lowest BCUT2D eigenvalue weighted by molar-refractivity contribution is -0.131. The number of halogens is 1. The number of hydrogen-bond donors (Lipinski definition) is 1. The predicted molar refractivity (Wildman–Crippen MR) is 105 cm³/mol. The van der Waals surface area contributed by atoms with Crippen LogP contribution in [0.25, 0.3) is 0 Å². The van der Waals surface area contributed by atoms with E-state index in [1.807, 2.05) is 23.2 Å². The van der Waals surface area contributed by atoms with Crippen molar-refractivity contribution in [1.82, 2.24) is 15.2 Å². The smallest absolute Gasteiger partial charge is 0.233 e. The molecule has 134 valence electrons. The Hall–Kier alpha value is -1.56. The van der Waals surface area contributed by atoms with Crippen molar-refractivity contribution < 1.29 is 4.79 Å². The second kappa shape index (κ2) is 9.22. The Bertz CT molecular complexity index is 711. The zero-order valence-electron chi connectivity index (χ0n) is 14.6. The molecule has 6 heteroatoms. The normalized spacial score (nSPS) is 17.0. The molecule has 0 aliphatic carbocycles. The Morgan fingerprint density at radius 3 is 2.92 bits per heavy atom. The van der Waals surface area contributed by atoms with Crippen molar-refractivity contribution in [2.45, 2.75) is 24.8 Å². The van der Waals surface area contributed by atoms with Gasteiger partial charge in [0.2, 0.25) is 5.91 Å². The van der Waals surface area contributed by atoms with E-state index in [4.69, 9.17) is 0 Å². The van der Waals surface area contributed by atoms with Crippen LogP contribution in [-0.2, 0) is 4.79 Å². The number of aryl methyl sites for hydroxylation is 2. The third-order valence-electron chi connectivity index (χ3n) is 4.31. The Morgan fingerprint density at radius 2 is 2.20 bits per heavy atom. The van der Waals surface area contributed by atoms with Gasteiger partial charge in [0.05, 0.1) is 11.8 Å². The van der Waals surface area contributed by atoms with Crippen molar-refractivity contribution >= 4 is 30.1 Å². The van der Waals surface area contributed by atoms with Crippen molar-refractivity contribution in [3.05, 3.63) is 59.4 Å². The summed E-state index contributed by atoms with van der Waals surface area (Å²) in [4.78, 5) is 20.2. The van der Waals surface area contributed by atoms with Gasteiger partial charge in [-0.15, -0.1) is 24.2 Å². The maximum Gasteiger partial charge on any atom is 0.233 e. The van der Waals surface area contributed by atoms with Crippen LogP contribution in [0.2, 0.25) is 0 Å². The van der Waals surface area contributed by atoms with Gasteiger partial charge in [0.25, 0.3) is 0 Å². The van der Waals surface area contributed by atoms with Crippen LogP contribution < -0.4 is 5.32 Å². The van der Waals surface area contributed by atoms with E-state index in [2.05, 4.69) is 42.3 Å². The van der Waals surface area contributed by atoms with E-state index in [9.17, 15) is 4.79 Å². The molecule has 1 aliphatic rings. The number of aromatic nitrogens is 1. The summed E-state index contributed by atoms with van der Waals surface area (Å²) in [7, 11) is 0. The molecule has 1 amide bonds. The van der Waals surface area contributed by atoms with Crippen molar-refractivity contribution in [3.63, 3.8) is 0 Å². The molecule has 2 aromatic rings. The first-order chi connectivity index (χ1) is 11.6. The lowest BCUT2D eigenvalue weighted by Crippen LogP contribution is -2.49. The van der Waals surface area contributed by atoms with Crippen LogP contribution in [0.5, 0.6) is 0 Å². The number of thioether (sulfide) groups is 1. The van der Waals surface area contributed by atoms with Gasteiger partial charge in [-0.25, -0.2) is 0 Å². The molecule has 25 heavy (non-hydrogen) atoms. The average molecular weight is 378 g/mol. The summed E-state index contributed by atoms with van der Waals surface area (Å²) in [5, 5.41) is 3.38. The molecule has 1 aromatic carbocycles. The number of carbonyl (C=O) groups excluding carboxylic acids is 1. The van der Waals surface area contributed by atoms with E-state index >= 15 is 0 Å². The summed E-state index contributed by atoms with van der Waals surface area (Å²) in [5.41, 5.74) is 3.58. The molecule has 1 fully saturated rings. The van der Waals surface area contributed by atoms with Gasteiger partial charge in [-0.05, 0) is 37.1 Å². The van der Waals surface area contributed by atoms with Crippen LogP contribution in [0, 0.1) is 13.8 Å². The molecular formula is C19H24ClN3OS. The Balaban J connectivity index is 0.00000225. The molecule has 0 bridgehead atoms. The predicted octanol–water partition coefficient (Wildman–Crippen LogP) is 3.39. The summed E-state index contributed by atoms with van der Waals surface area (Å²) in [6.07, 6.45) is 3.62. The van der Waals surface area contributed by atoms with Gasteiger partial charge in [-0.3, -0.25) is 9.78 Å². The van der Waals surface area contributed by atoms with Gasteiger partial charge < -0.3 is 10.2 Å². The highest BCUT2D eigenvalue weighted by Gasteiger charge is 2.27. The number of piperazine rings is 1. The minimum atomic E-state index is 0. The highest BCUT2D eigenvalue weighted by molar-refractivity contribution is 8.00. The molecule has 4 nitrogen and oxygen atoms in total. The highest BCUT2D eigenvalue weighted by atomic mass is 35.5. The summed E-state index contributed by atoms with van der Waals surface area (Å²) in [6.45, 7) is 6.56. The average Bonchev–Trinajstić information content (AvgIpc) is 2.61. The number of pyridine rings is 1. The molecule has 2 heterocycles. The zero-order chi connectivity index (χ0) is 16.9. The molecule has 1 N–H and O–H groups in total. The molecule has 1 unspecified atom stereocenters. The second-order valence-electron chi connectivity index (χ2n) is 6.15. The van der Waals surface area contributed by atoms with Gasteiger partial charge in [0.1, 0.15) is 0 Å². The molecular weight excluding hydrogens is 354 g/mol. The van der Waals surface area contributed by atoms with E-state index in [0.717, 1.165) is 25.2 Å². The van der Waals surface area contributed by atoms with Gasteiger partial charge in [-0.1, -0.05) is 23.8 Å². The molecule has 1 aliphatic heterocycles. The van der Waals surface area contributed by atoms with Gasteiger partial charge in [0.15, 0.2) is 0 Å². The number of hydrogen-bond acceptors (Lipinski definition) is 4. The van der Waals surface area contributed by atoms with Crippen molar-refractivity contribution in [1.29, 1.82) is 0 Å². The lowest BCUT2D eigenvalue weighted by Gasteiger charge is -2.36. The van der Waals surface area contributed by atoms with E-state index in [0.29, 0.717) is 5.75 Å². The largest absolute Gasteiger partial charge is 0.332 e. The number of rotatable bonds is 4. The fourth-order valence-electron chi connectivity index (χ4n) is 3.06. The van der Waals surface area contributed by atoms with E-state index in [-0.39, 0.29) is 24.4 Å². The third kappa shape index (κ3) is 4.97. The maximum atomic E-state index is 12.8. The van der Waals surface area contributed by atoms with Crippen LogP contribution in [0.1, 0.15) is 22.7 Å². The molecule has 1 aromatic heterocycles. The van der Waals surface area contributed by atoms with Crippen LogP contribution in [0.4, 0.5) is 0 Å². The van der Waals surface area contributed by atoms with E-state index in [1.165, 1.54) is 16.0 Å². The Labute approximate surface area is 159 Å². The minimum absolute atomic E-state index is 0. The molecule has 0 radical (unpaired) electrons. The van der Waals surface area contributed by atoms with Crippen LogP contribution in [0.3, 0.4) is 0 Å². The number of nitrogens with one attached hydrogen (secondary N) is 1. The van der Waals surface area contributed by atoms with Crippen molar-refractivity contribution in [3.8, 4) is 0 Å². The fourth-order valence-corrected chi connectivity index (χ4v) is 3.95. The first-order valence-corrected chi connectivity index (χ1v) is 9.24. The summed E-state index contributed by atoms with van der Waals surface area (Å²) >= 11 is 1.63. The van der Waals surface area contributed by atoms with Gasteiger partial charge in [-0.2, -0.15) is 0 Å². The molecule has 1 atom stereocenters. The monoisotopic (exact) mass is 377 g/mol. The van der Waals surface area contributed by atoms with Crippen LogP contribution >= 0.6 is 24.2 Å². The molecule has 1 saturated heterocycles. The van der Waals surface area contributed by atoms with E-state index < -0.39 is 0 Å².